The summed E-state index contributed by atoms with van der Waals surface area (Å²) >= 11 is 3.48. The fourth-order valence-electron chi connectivity index (χ4n) is 3.98. The number of rotatable bonds is 4. The van der Waals surface area contributed by atoms with Crippen molar-refractivity contribution in [1.29, 1.82) is 0 Å². The molecule has 0 radical (unpaired) electrons. The average Bonchev–Trinajstić information content (AvgIpc) is 3.12. The Morgan fingerprint density at radius 2 is 1.81 bits per heavy atom. The Labute approximate surface area is 167 Å². The molecule has 2 aromatic carbocycles. The lowest BCUT2D eigenvalue weighted by atomic mass is 10.0. The third-order valence-electron chi connectivity index (χ3n) is 5.29. The molecule has 0 unspecified atom stereocenters. The number of hydrogen-bond donors (Lipinski definition) is 1. The van der Waals surface area contributed by atoms with E-state index in [1.807, 2.05) is 0 Å². The zero-order valence-electron chi connectivity index (χ0n) is 15.0. The van der Waals surface area contributed by atoms with Gasteiger partial charge in [0.1, 0.15) is 5.65 Å². The summed E-state index contributed by atoms with van der Waals surface area (Å²) < 4.78 is 5.58. The average molecular weight is 421 g/mol. The first-order valence-electron chi connectivity index (χ1n) is 9.44. The standard InChI is InChI=1S/C22H21BrN4/c23-17-9-11-18(12-10-17)24-14-21-25-27-15-20(16-6-2-1-3-7-16)19-8-4-5-13-26(21)22(19)27/h1-3,6-7,9-12,15,24H,4-5,8,13-14H2. The highest BCUT2D eigenvalue weighted by atomic mass is 79.9. The molecule has 1 aliphatic heterocycles. The van der Waals surface area contributed by atoms with Crippen molar-refractivity contribution in [3.63, 3.8) is 0 Å². The second-order valence-electron chi connectivity index (χ2n) is 7.04. The van der Waals surface area contributed by atoms with E-state index >= 15 is 0 Å². The van der Waals surface area contributed by atoms with E-state index in [2.05, 4.69) is 91.1 Å². The lowest BCUT2D eigenvalue weighted by molar-refractivity contribution is 0.619. The highest BCUT2D eigenvalue weighted by Gasteiger charge is 2.21. The first-order valence-corrected chi connectivity index (χ1v) is 10.2. The van der Waals surface area contributed by atoms with Gasteiger partial charge in [0, 0.05) is 34.0 Å². The van der Waals surface area contributed by atoms with E-state index < -0.39 is 0 Å². The maximum Gasteiger partial charge on any atom is 0.150 e. The summed E-state index contributed by atoms with van der Waals surface area (Å²) in [5, 5.41) is 8.42. The fraction of sp³-hybridized carbons (Fsp3) is 0.227. The molecule has 1 aliphatic rings. The maximum absolute atomic E-state index is 4.91. The van der Waals surface area contributed by atoms with E-state index in [4.69, 9.17) is 5.10 Å². The van der Waals surface area contributed by atoms with Gasteiger partial charge in [0.25, 0.3) is 0 Å². The van der Waals surface area contributed by atoms with Gasteiger partial charge < -0.3 is 9.88 Å². The van der Waals surface area contributed by atoms with Gasteiger partial charge >= 0.3 is 0 Å². The monoisotopic (exact) mass is 420 g/mol. The molecular weight excluding hydrogens is 400 g/mol. The summed E-state index contributed by atoms with van der Waals surface area (Å²) in [7, 11) is 0. The number of aromatic nitrogens is 3. The number of halogens is 1. The van der Waals surface area contributed by atoms with Crippen LogP contribution in [0.4, 0.5) is 5.69 Å². The van der Waals surface area contributed by atoms with Crippen LogP contribution in [0.2, 0.25) is 0 Å². The van der Waals surface area contributed by atoms with Gasteiger partial charge in [0.05, 0.1) is 6.54 Å². The van der Waals surface area contributed by atoms with Crippen LogP contribution in [-0.2, 0) is 19.5 Å². The highest BCUT2D eigenvalue weighted by molar-refractivity contribution is 9.10. The predicted molar refractivity (Wildman–Crippen MR) is 113 cm³/mol. The molecule has 4 aromatic rings. The zero-order valence-corrected chi connectivity index (χ0v) is 16.6. The van der Waals surface area contributed by atoms with Crippen molar-refractivity contribution in [2.75, 3.05) is 5.32 Å². The molecule has 0 fully saturated rings. The molecule has 0 aliphatic carbocycles. The van der Waals surface area contributed by atoms with Crippen LogP contribution in [0.3, 0.4) is 0 Å². The Morgan fingerprint density at radius 3 is 2.63 bits per heavy atom. The minimum absolute atomic E-state index is 0.726. The topological polar surface area (TPSA) is 34.3 Å². The number of hydrogen-bond acceptors (Lipinski definition) is 2. The van der Waals surface area contributed by atoms with Crippen molar-refractivity contribution in [1.82, 2.24) is 14.2 Å². The SMILES string of the molecule is Brc1ccc(NCc2nn3cc(-c4ccccc4)c4c3n2CCCC4)cc1. The Kier molecular flexibility index (Phi) is 4.24. The van der Waals surface area contributed by atoms with Crippen LogP contribution >= 0.6 is 15.9 Å². The molecular formula is C22H21BrN4. The van der Waals surface area contributed by atoms with Crippen LogP contribution in [0.5, 0.6) is 0 Å². The molecule has 2 aromatic heterocycles. The van der Waals surface area contributed by atoms with Crippen LogP contribution in [-0.4, -0.2) is 14.2 Å². The number of aryl methyl sites for hydroxylation is 2. The fourth-order valence-corrected chi connectivity index (χ4v) is 4.25. The second kappa shape index (κ2) is 6.89. The molecule has 0 amide bonds. The summed E-state index contributed by atoms with van der Waals surface area (Å²) in [5.74, 6) is 1.09. The van der Waals surface area contributed by atoms with Crippen LogP contribution in [0.1, 0.15) is 24.2 Å². The van der Waals surface area contributed by atoms with Crippen molar-refractivity contribution in [2.24, 2.45) is 0 Å². The molecule has 5 heteroatoms. The van der Waals surface area contributed by atoms with Gasteiger partial charge in [-0.3, -0.25) is 0 Å². The highest BCUT2D eigenvalue weighted by Crippen LogP contribution is 2.32. The second-order valence-corrected chi connectivity index (χ2v) is 7.96. The lowest BCUT2D eigenvalue weighted by Crippen LogP contribution is -2.09. The minimum Gasteiger partial charge on any atom is -0.378 e. The van der Waals surface area contributed by atoms with Gasteiger partial charge in [0.15, 0.2) is 5.82 Å². The Bertz CT molecular complexity index is 1080. The molecule has 0 spiro atoms. The van der Waals surface area contributed by atoms with E-state index in [9.17, 15) is 0 Å². The van der Waals surface area contributed by atoms with Crippen molar-refractivity contribution >= 4 is 27.3 Å². The molecule has 5 rings (SSSR count). The molecule has 0 saturated carbocycles. The Morgan fingerprint density at radius 1 is 1.00 bits per heavy atom. The largest absolute Gasteiger partial charge is 0.378 e. The van der Waals surface area contributed by atoms with Crippen molar-refractivity contribution in [3.8, 4) is 11.1 Å². The number of nitrogens with zero attached hydrogens (tertiary/aromatic N) is 3. The molecule has 0 bridgehead atoms. The normalized spacial score (nSPS) is 13.7. The first kappa shape index (κ1) is 16.6. The van der Waals surface area contributed by atoms with Crippen LogP contribution in [0, 0.1) is 0 Å². The van der Waals surface area contributed by atoms with E-state index in [1.165, 1.54) is 35.2 Å². The third kappa shape index (κ3) is 3.06. The summed E-state index contributed by atoms with van der Waals surface area (Å²) in [5.41, 5.74) is 6.40. The van der Waals surface area contributed by atoms with Gasteiger partial charge in [-0.1, -0.05) is 46.3 Å². The van der Waals surface area contributed by atoms with E-state index in [-0.39, 0.29) is 0 Å². The number of nitrogens with one attached hydrogen (secondary N) is 1. The van der Waals surface area contributed by atoms with Crippen LogP contribution in [0.15, 0.2) is 65.3 Å². The molecule has 4 nitrogen and oxygen atoms in total. The van der Waals surface area contributed by atoms with Gasteiger partial charge in [-0.2, -0.15) is 5.10 Å². The molecule has 0 atom stereocenters. The van der Waals surface area contributed by atoms with Crippen molar-refractivity contribution in [2.45, 2.75) is 32.4 Å². The maximum atomic E-state index is 4.91. The van der Waals surface area contributed by atoms with Crippen molar-refractivity contribution in [3.05, 3.63) is 76.7 Å². The summed E-state index contributed by atoms with van der Waals surface area (Å²) in [6, 6.07) is 18.9. The Balaban J connectivity index is 1.52. The van der Waals surface area contributed by atoms with Gasteiger partial charge in [-0.25, -0.2) is 4.52 Å². The number of anilines is 1. The quantitative estimate of drug-likeness (QED) is 0.471. The van der Waals surface area contributed by atoms with Gasteiger partial charge in [-0.05, 0) is 49.1 Å². The van der Waals surface area contributed by atoms with Crippen molar-refractivity contribution < 1.29 is 0 Å². The molecule has 0 saturated heterocycles. The lowest BCUT2D eigenvalue weighted by Gasteiger charge is -2.09. The summed E-state index contributed by atoms with van der Waals surface area (Å²) in [6.07, 6.45) is 5.73. The molecule has 1 N–H and O–H groups in total. The van der Waals surface area contributed by atoms with Gasteiger partial charge in [-0.15, -0.1) is 0 Å². The Hall–Kier alpha value is -2.53. The predicted octanol–water partition coefficient (Wildman–Crippen LogP) is 5.51. The molecule has 136 valence electrons. The van der Waals surface area contributed by atoms with Crippen LogP contribution in [0.25, 0.3) is 16.8 Å². The molecule has 27 heavy (non-hydrogen) atoms. The smallest absolute Gasteiger partial charge is 0.150 e. The summed E-state index contributed by atoms with van der Waals surface area (Å²) in [4.78, 5) is 0. The first-order chi connectivity index (χ1) is 13.3. The van der Waals surface area contributed by atoms with E-state index in [0.717, 1.165) is 35.5 Å². The molecule has 3 heterocycles. The zero-order chi connectivity index (χ0) is 18.2. The van der Waals surface area contributed by atoms with Gasteiger partial charge in [0.2, 0.25) is 0 Å². The summed E-state index contributed by atoms with van der Waals surface area (Å²) in [6.45, 7) is 1.76. The van der Waals surface area contributed by atoms with Crippen LogP contribution < -0.4 is 5.32 Å². The van der Waals surface area contributed by atoms with E-state index in [0.29, 0.717) is 0 Å². The minimum atomic E-state index is 0.726. The number of benzene rings is 2. The van der Waals surface area contributed by atoms with E-state index in [1.54, 1.807) is 0 Å². The third-order valence-corrected chi connectivity index (χ3v) is 5.82.